The lowest BCUT2D eigenvalue weighted by atomic mass is 10.1. The molecule has 0 aromatic heterocycles. The Labute approximate surface area is 189 Å². The van der Waals surface area contributed by atoms with E-state index < -0.39 is 60.4 Å². The molecule has 182 valence electrons. The Bertz CT molecular complexity index is 859. The molecule has 0 aliphatic heterocycles. The lowest BCUT2D eigenvalue weighted by Crippen LogP contribution is -2.57. The van der Waals surface area contributed by atoms with E-state index in [1.165, 1.54) is 31.2 Å². The molecule has 0 saturated heterocycles. The van der Waals surface area contributed by atoms with E-state index in [0.29, 0.717) is 5.56 Å². The summed E-state index contributed by atoms with van der Waals surface area (Å²) in [5.74, 6) is -4.47. The third-order valence-electron chi connectivity index (χ3n) is 4.53. The molecule has 0 bridgehead atoms. The molecule has 0 radical (unpaired) electrons. The van der Waals surface area contributed by atoms with Gasteiger partial charge in [0.05, 0.1) is 18.7 Å². The Hall–Kier alpha value is -3.71. The van der Waals surface area contributed by atoms with Gasteiger partial charge in [-0.15, -0.1) is 0 Å². The number of aromatic hydroxyl groups is 1. The minimum absolute atomic E-state index is 0.00551. The van der Waals surface area contributed by atoms with Crippen LogP contribution in [0, 0.1) is 0 Å². The second-order valence-electron chi connectivity index (χ2n) is 7.39. The number of phenols is 1. The van der Waals surface area contributed by atoms with Gasteiger partial charge in [0.15, 0.2) is 0 Å². The number of amides is 4. The summed E-state index contributed by atoms with van der Waals surface area (Å²) in [6.07, 6.45) is -1.61. The average Bonchev–Trinajstić information content (AvgIpc) is 2.74. The number of rotatable bonds is 13. The number of carboxylic acid groups (broad SMARTS) is 1. The van der Waals surface area contributed by atoms with Gasteiger partial charge in [0.1, 0.15) is 17.8 Å². The molecule has 4 unspecified atom stereocenters. The largest absolute Gasteiger partial charge is 0.508 e. The summed E-state index contributed by atoms with van der Waals surface area (Å²) in [6.45, 7) is 0.614. The summed E-state index contributed by atoms with van der Waals surface area (Å²) < 4.78 is 0. The first kappa shape index (κ1) is 27.3. The van der Waals surface area contributed by atoms with Gasteiger partial charge in [-0.25, -0.2) is 4.79 Å². The minimum Gasteiger partial charge on any atom is -0.508 e. The molecule has 0 spiro atoms. The zero-order valence-electron chi connectivity index (χ0n) is 18.0. The van der Waals surface area contributed by atoms with Gasteiger partial charge in [0.25, 0.3) is 0 Å². The van der Waals surface area contributed by atoms with Crippen LogP contribution in [0.4, 0.5) is 0 Å². The number of nitrogens with two attached hydrogens (primary N) is 2. The summed E-state index contributed by atoms with van der Waals surface area (Å²) in [7, 11) is 0. The molecular weight excluding hydrogens is 438 g/mol. The van der Waals surface area contributed by atoms with Crippen LogP contribution in [-0.2, 0) is 30.4 Å². The number of carbonyl (C=O) groups is 5. The summed E-state index contributed by atoms with van der Waals surface area (Å²) in [5.41, 5.74) is 11.2. The molecule has 1 aromatic rings. The number of hydrogen-bond acceptors (Lipinski definition) is 8. The van der Waals surface area contributed by atoms with E-state index >= 15 is 0 Å². The van der Waals surface area contributed by atoms with Crippen molar-refractivity contribution in [1.82, 2.24) is 16.0 Å². The van der Waals surface area contributed by atoms with E-state index in [2.05, 4.69) is 16.0 Å². The number of nitrogens with one attached hydrogen (secondary N) is 3. The highest BCUT2D eigenvalue weighted by molar-refractivity contribution is 5.93. The Morgan fingerprint density at radius 3 is 2.15 bits per heavy atom. The smallest absolute Gasteiger partial charge is 0.326 e. The number of aliphatic carboxylic acids is 1. The molecule has 0 saturated carbocycles. The molecule has 10 N–H and O–H groups in total. The zero-order valence-corrected chi connectivity index (χ0v) is 18.0. The number of aliphatic hydroxyl groups excluding tert-OH is 1. The molecule has 13 heteroatoms. The Morgan fingerprint density at radius 2 is 1.64 bits per heavy atom. The van der Waals surface area contributed by atoms with E-state index in [-0.39, 0.29) is 25.0 Å². The van der Waals surface area contributed by atoms with Crippen molar-refractivity contribution >= 4 is 29.6 Å². The predicted octanol–water partition coefficient (Wildman–Crippen LogP) is -2.92. The van der Waals surface area contributed by atoms with Crippen LogP contribution < -0.4 is 27.4 Å². The fourth-order valence-corrected chi connectivity index (χ4v) is 2.68. The van der Waals surface area contributed by atoms with Gasteiger partial charge < -0.3 is 42.7 Å². The molecule has 33 heavy (non-hydrogen) atoms. The Kier molecular flexibility index (Phi) is 10.7. The van der Waals surface area contributed by atoms with Crippen molar-refractivity contribution in [3.63, 3.8) is 0 Å². The first-order chi connectivity index (χ1) is 15.4. The van der Waals surface area contributed by atoms with Gasteiger partial charge in [0, 0.05) is 12.8 Å². The zero-order chi connectivity index (χ0) is 25.1. The van der Waals surface area contributed by atoms with Crippen molar-refractivity contribution in [3.05, 3.63) is 29.8 Å². The lowest BCUT2D eigenvalue weighted by molar-refractivity contribution is -0.141. The van der Waals surface area contributed by atoms with Crippen LogP contribution in [0.1, 0.15) is 25.3 Å². The third kappa shape index (κ3) is 9.97. The highest BCUT2D eigenvalue weighted by Gasteiger charge is 2.28. The highest BCUT2D eigenvalue weighted by Crippen LogP contribution is 2.11. The van der Waals surface area contributed by atoms with Gasteiger partial charge in [-0.3, -0.25) is 19.2 Å². The van der Waals surface area contributed by atoms with Crippen LogP contribution in [0.15, 0.2) is 24.3 Å². The number of phenolic OH excluding ortho intramolecular Hbond substituents is 1. The maximum absolute atomic E-state index is 12.3. The number of benzene rings is 1. The summed E-state index contributed by atoms with van der Waals surface area (Å²) in [5, 5.41) is 35.1. The first-order valence-electron chi connectivity index (χ1n) is 10.0. The SMILES string of the molecule is CC(O)C(NC(=O)C(N)CCC(N)=O)C(=O)NCC(=O)NC(Cc1ccc(O)cc1)C(=O)O. The van der Waals surface area contributed by atoms with E-state index in [1.54, 1.807) is 0 Å². The standard InChI is InChI=1S/C20H29N5O8/c1-10(26)17(25-18(30)13(21)6-7-15(22)28)19(31)23-9-16(29)24-14(20(32)33)8-11-2-4-12(27)5-3-11/h2-5,10,13-14,17,26-27H,6-9,21H2,1H3,(H2,22,28)(H,23,31)(H,24,29)(H,25,30)(H,32,33). The number of hydrogen-bond donors (Lipinski definition) is 8. The fraction of sp³-hybridized carbons (Fsp3) is 0.450. The van der Waals surface area contributed by atoms with Crippen molar-refractivity contribution < 1.29 is 39.3 Å². The van der Waals surface area contributed by atoms with Crippen LogP contribution in [0.25, 0.3) is 0 Å². The average molecular weight is 467 g/mol. The molecule has 4 amide bonds. The molecule has 0 fully saturated rings. The second-order valence-corrected chi connectivity index (χ2v) is 7.39. The maximum Gasteiger partial charge on any atom is 0.326 e. The van der Waals surface area contributed by atoms with Crippen LogP contribution in [-0.4, -0.2) is 75.7 Å². The van der Waals surface area contributed by atoms with Gasteiger partial charge in [-0.2, -0.15) is 0 Å². The molecule has 0 aliphatic carbocycles. The van der Waals surface area contributed by atoms with Gasteiger partial charge in [0.2, 0.25) is 23.6 Å². The topological polar surface area (TPSA) is 234 Å². The fourth-order valence-electron chi connectivity index (χ4n) is 2.68. The molecule has 1 rings (SSSR count). The Morgan fingerprint density at radius 1 is 1.03 bits per heavy atom. The van der Waals surface area contributed by atoms with Crippen LogP contribution in [0.3, 0.4) is 0 Å². The number of aliphatic hydroxyl groups is 1. The molecular formula is C20H29N5O8. The highest BCUT2D eigenvalue weighted by atomic mass is 16.4. The number of carbonyl (C=O) groups excluding carboxylic acids is 4. The molecule has 0 aliphatic rings. The number of primary amides is 1. The van der Waals surface area contributed by atoms with Crippen molar-refractivity contribution in [1.29, 1.82) is 0 Å². The Balaban J connectivity index is 2.63. The lowest BCUT2D eigenvalue weighted by Gasteiger charge is -2.23. The monoisotopic (exact) mass is 467 g/mol. The van der Waals surface area contributed by atoms with Crippen LogP contribution in [0.2, 0.25) is 0 Å². The van der Waals surface area contributed by atoms with Gasteiger partial charge in [-0.05, 0) is 31.0 Å². The van der Waals surface area contributed by atoms with Gasteiger partial charge in [-0.1, -0.05) is 12.1 Å². The normalized spacial score (nSPS) is 14.3. The summed E-state index contributed by atoms with van der Waals surface area (Å²) in [4.78, 5) is 58.8. The summed E-state index contributed by atoms with van der Waals surface area (Å²) in [6, 6.07) is 1.87. The molecule has 0 heterocycles. The second kappa shape index (κ2) is 13.0. The number of carboxylic acids is 1. The molecule has 13 nitrogen and oxygen atoms in total. The van der Waals surface area contributed by atoms with Crippen molar-refractivity contribution in [2.24, 2.45) is 11.5 Å². The quantitative estimate of drug-likeness (QED) is 0.148. The van der Waals surface area contributed by atoms with E-state index in [4.69, 9.17) is 11.5 Å². The van der Waals surface area contributed by atoms with Gasteiger partial charge >= 0.3 is 5.97 Å². The van der Waals surface area contributed by atoms with E-state index in [9.17, 15) is 39.3 Å². The van der Waals surface area contributed by atoms with Crippen LogP contribution in [0.5, 0.6) is 5.75 Å². The van der Waals surface area contributed by atoms with Crippen molar-refractivity contribution in [2.75, 3.05) is 6.54 Å². The van der Waals surface area contributed by atoms with Crippen molar-refractivity contribution in [3.8, 4) is 5.75 Å². The van der Waals surface area contributed by atoms with E-state index in [0.717, 1.165) is 0 Å². The minimum atomic E-state index is -1.45. The third-order valence-corrected chi connectivity index (χ3v) is 4.53. The molecule has 1 aromatic carbocycles. The van der Waals surface area contributed by atoms with E-state index in [1.807, 2.05) is 0 Å². The first-order valence-corrected chi connectivity index (χ1v) is 10.0. The van der Waals surface area contributed by atoms with Crippen LogP contribution >= 0.6 is 0 Å². The predicted molar refractivity (Wildman–Crippen MR) is 114 cm³/mol. The molecule has 4 atom stereocenters. The van der Waals surface area contributed by atoms with Crippen molar-refractivity contribution in [2.45, 2.75) is 50.4 Å². The maximum atomic E-state index is 12.3. The summed E-state index contributed by atoms with van der Waals surface area (Å²) >= 11 is 0.